The smallest absolute Gasteiger partial charge is 0.226 e. The van der Waals surface area contributed by atoms with Gasteiger partial charge in [0.05, 0.1) is 17.9 Å². The van der Waals surface area contributed by atoms with Gasteiger partial charge < -0.3 is 4.90 Å². The van der Waals surface area contributed by atoms with Gasteiger partial charge in [-0.05, 0) is 37.5 Å². The second kappa shape index (κ2) is 5.40. The van der Waals surface area contributed by atoms with Crippen molar-refractivity contribution in [3.05, 3.63) is 35.6 Å². The van der Waals surface area contributed by atoms with Crippen LogP contribution in [0, 0.1) is 22.6 Å². The molecule has 0 atom stereocenters. The van der Waals surface area contributed by atoms with Crippen LogP contribution in [0.4, 0.5) is 4.39 Å². The molecule has 3 nitrogen and oxygen atoms in total. The van der Waals surface area contributed by atoms with E-state index in [4.69, 9.17) is 5.26 Å². The lowest BCUT2D eigenvalue weighted by molar-refractivity contribution is -0.132. The number of hydrogen-bond acceptors (Lipinski definition) is 2. The van der Waals surface area contributed by atoms with Crippen molar-refractivity contribution in [2.45, 2.75) is 26.2 Å². The highest BCUT2D eigenvalue weighted by Gasteiger charge is 2.31. The fourth-order valence-electron chi connectivity index (χ4n) is 2.29. The third-order valence-corrected chi connectivity index (χ3v) is 3.73. The van der Waals surface area contributed by atoms with E-state index in [0.717, 1.165) is 0 Å². The van der Waals surface area contributed by atoms with Crippen LogP contribution in [-0.2, 0) is 11.2 Å². The van der Waals surface area contributed by atoms with Crippen molar-refractivity contribution in [1.82, 2.24) is 4.90 Å². The minimum atomic E-state index is -0.319. The van der Waals surface area contributed by atoms with Crippen LogP contribution in [0.5, 0.6) is 0 Å². The average molecular weight is 260 g/mol. The lowest BCUT2D eigenvalue weighted by atomic mass is 9.82. The minimum Gasteiger partial charge on any atom is -0.342 e. The van der Waals surface area contributed by atoms with Crippen molar-refractivity contribution < 1.29 is 9.18 Å². The van der Waals surface area contributed by atoms with E-state index in [2.05, 4.69) is 6.07 Å². The first-order valence-electron chi connectivity index (χ1n) is 6.46. The standard InChI is InChI=1S/C15H17FN2O/c1-15(11-17)5-7-18(8-6-15)14(19)10-12-3-2-4-13(16)9-12/h2-4,9H,5-8,10H2,1H3. The molecule has 1 aliphatic rings. The Morgan fingerprint density at radius 3 is 2.74 bits per heavy atom. The monoisotopic (exact) mass is 260 g/mol. The number of nitrogens with zero attached hydrogens (tertiary/aromatic N) is 2. The minimum absolute atomic E-state index is 0.00518. The van der Waals surface area contributed by atoms with Gasteiger partial charge in [-0.3, -0.25) is 4.79 Å². The summed E-state index contributed by atoms with van der Waals surface area (Å²) in [6.07, 6.45) is 1.64. The van der Waals surface area contributed by atoms with E-state index in [9.17, 15) is 9.18 Å². The molecule has 2 rings (SSSR count). The molecule has 1 fully saturated rings. The van der Waals surface area contributed by atoms with Crippen LogP contribution in [0.2, 0.25) is 0 Å². The maximum atomic E-state index is 13.0. The van der Waals surface area contributed by atoms with E-state index in [-0.39, 0.29) is 23.6 Å². The number of likely N-dealkylation sites (tertiary alicyclic amines) is 1. The van der Waals surface area contributed by atoms with Gasteiger partial charge in [0, 0.05) is 13.1 Å². The van der Waals surface area contributed by atoms with Crippen molar-refractivity contribution >= 4 is 5.91 Å². The van der Waals surface area contributed by atoms with Crippen LogP contribution < -0.4 is 0 Å². The van der Waals surface area contributed by atoms with Crippen molar-refractivity contribution in [1.29, 1.82) is 5.26 Å². The summed E-state index contributed by atoms with van der Waals surface area (Å²) in [5.74, 6) is -0.313. The third-order valence-electron chi connectivity index (χ3n) is 3.73. The van der Waals surface area contributed by atoms with E-state index in [1.807, 2.05) is 6.92 Å². The highest BCUT2D eigenvalue weighted by molar-refractivity contribution is 5.78. The SMILES string of the molecule is CC1(C#N)CCN(C(=O)Cc2cccc(F)c2)CC1. The zero-order valence-electron chi connectivity index (χ0n) is 11.0. The Balaban J connectivity index is 1.94. The average Bonchev–Trinajstić information content (AvgIpc) is 2.39. The first-order chi connectivity index (χ1) is 9.02. The number of halogens is 1. The quantitative estimate of drug-likeness (QED) is 0.820. The molecular formula is C15H17FN2O. The second-order valence-corrected chi connectivity index (χ2v) is 5.36. The maximum Gasteiger partial charge on any atom is 0.226 e. The molecule has 0 bridgehead atoms. The van der Waals surface area contributed by atoms with Crippen molar-refractivity contribution in [3.8, 4) is 6.07 Å². The van der Waals surface area contributed by atoms with Gasteiger partial charge in [0.1, 0.15) is 5.82 Å². The largest absolute Gasteiger partial charge is 0.342 e. The number of carbonyl (C=O) groups is 1. The van der Waals surface area contributed by atoms with Crippen LogP contribution in [0.3, 0.4) is 0 Å². The van der Waals surface area contributed by atoms with E-state index in [1.54, 1.807) is 17.0 Å². The molecule has 100 valence electrons. The summed E-state index contributed by atoms with van der Waals surface area (Å²) >= 11 is 0. The Hall–Kier alpha value is -1.89. The highest BCUT2D eigenvalue weighted by atomic mass is 19.1. The van der Waals surface area contributed by atoms with Gasteiger partial charge in [-0.15, -0.1) is 0 Å². The first-order valence-corrected chi connectivity index (χ1v) is 6.46. The predicted molar refractivity (Wildman–Crippen MR) is 69.6 cm³/mol. The number of carbonyl (C=O) groups excluding carboxylic acids is 1. The molecule has 1 saturated heterocycles. The number of rotatable bonds is 2. The van der Waals surface area contributed by atoms with Crippen LogP contribution in [0.1, 0.15) is 25.3 Å². The second-order valence-electron chi connectivity index (χ2n) is 5.36. The number of benzene rings is 1. The maximum absolute atomic E-state index is 13.0. The Morgan fingerprint density at radius 1 is 1.47 bits per heavy atom. The van der Waals surface area contributed by atoms with Gasteiger partial charge in [-0.1, -0.05) is 12.1 Å². The fraction of sp³-hybridized carbons (Fsp3) is 0.467. The van der Waals surface area contributed by atoms with E-state index >= 15 is 0 Å². The van der Waals surface area contributed by atoms with Crippen LogP contribution in [0.15, 0.2) is 24.3 Å². The third kappa shape index (κ3) is 3.31. The number of piperidine rings is 1. The lowest BCUT2D eigenvalue weighted by Gasteiger charge is -2.35. The summed E-state index contributed by atoms with van der Waals surface area (Å²) in [6.45, 7) is 3.15. The number of hydrogen-bond donors (Lipinski definition) is 0. The van der Waals surface area contributed by atoms with E-state index < -0.39 is 0 Å². The molecule has 0 N–H and O–H groups in total. The summed E-state index contributed by atoms with van der Waals surface area (Å²) in [7, 11) is 0. The molecule has 1 aliphatic heterocycles. The molecule has 19 heavy (non-hydrogen) atoms. The summed E-state index contributed by atoms with van der Waals surface area (Å²) < 4.78 is 13.0. The van der Waals surface area contributed by atoms with E-state index in [1.165, 1.54) is 12.1 Å². The lowest BCUT2D eigenvalue weighted by Crippen LogP contribution is -2.42. The fourth-order valence-corrected chi connectivity index (χ4v) is 2.29. The Labute approximate surface area is 112 Å². The zero-order valence-corrected chi connectivity index (χ0v) is 11.0. The summed E-state index contributed by atoms with van der Waals surface area (Å²) in [5.41, 5.74) is 0.383. The molecule has 0 aliphatic carbocycles. The Bertz CT molecular complexity index is 513. The molecule has 4 heteroatoms. The summed E-state index contributed by atoms with van der Waals surface area (Å²) in [5, 5.41) is 9.05. The zero-order chi connectivity index (χ0) is 13.9. The Morgan fingerprint density at radius 2 is 2.16 bits per heavy atom. The molecule has 0 aromatic heterocycles. The van der Waals surface area contributed by atoms with Crippen LogP contribution >= 0.6 is 0 Å². The first kappa shape index (κ1) is 13.5. The molecule has 1 aromatic rings. The molecule has 0 unspecified atom stereocenters. The normalized spacial score (nSPS) is 17.8. The number of nitriles is 1. The van der Waals surface area contributed by atoms with Crippen LogP contribution in [0.25, 0.3) is 0 Å². The van der Waals surface area contributed by atoms with Gasteiger partial charge in [0.25, 0.3) is 0 Å². The molecule has 0 saturated carbocycles. The summed E-state index contributed by atoms with van der Waals surface area (Å²) in [4.78, 5) is 13.9. The van der Waals surface area contributed by atoms with Crippen LogP contribution in [-0.4, -0.2) is 23.9 Å². The molecule has 1 aromatic carbocycles. The van der Waals surface area contributed by atoms with Crippen molar-refractivity contribution in [2.24, 2.45) is 5.41 Å². The van der Waals surface area contributed by atoms with Crippen molar-refractivity contribution in [3.63, 3.8) is 0 Å². The van der Waals surface area contributed by atoms with Gasteiger partial charge in [-0.2, -0.15) is 5.26 Å². The van der Waals surface area contributed by atoms with Crippen molar-refractivity contribution in [2.75, 3.05) is 13.1 Å². The van der Waals surface area contributed by atoms with E-state index in [0.29, 0.717) is 31.5 Å². The molecule has 1 amide bonds. The van der Waals surface area contributed by atoms with Gasteiger partial charge in [0.15, 0.2) is 0 Å². The number of amides is 1. The topological polar surface area (TPSA) is 44.1 Å². The molecule has 0 spiro atoms. The molecular weight excluding hydrogens is 243 g/mol. The molecule has 0 radical (unpaired) electrons. The van der Waals surface area contributed by atoms with Gasteiger partial charge in [-0.25, -0.2) is 4.39 Å². The predicted octanol–water partition coefficient (Wildman–Crippen LogP) is 2.52. The Kier molecular flexibility index (Phi) is 3.84. The summed E-state index contributed by atoms with van der Waals surface area (Å²) in [6, 6.07) is 8.43. The van der Waals surface area contributed by atoms with Gasteiger partial charge >= 0.3 is 0 Å². The van der Waals surface area contributed by atoms with Gasteiger partial charge in [0.2, 0.25) is 5.91 Å². The highest BCUT2D eigenvalue weighted by Crippen LogP contribution is 2.29. The molecule has 1 heterocycles.